The number of likely N-dealkylation sites (N-methyl/N-ethyl adjacent to an activating group) is 1. The summed E-state index contributed by atoms with van der Waals surface area (Å²) in [6.45, 7) is 0.621. The Labute approximate surface area is 212 Å². The fourth-order valence-electron chi connectivity index (χ4n) is 5.48. The van der Waals surface area contributed by atoms with Crippen molar-refractivity contribution in [3.05, 3.63) is 76.9 Å². The van der Waals surface area contributed by atoms with E-state index in [4.69, 9.17) is 0 Å². The molecule has 3 aliphatic rings. The standard InChI is InChI=1S/C27H23F2N3O4S/c1-32-10-7-15-3-4-16(11-20(15)25(32)33)19-13-18(14-21-24(19)30-26(34)27(21)8-2-9-27)31-37(35,36)23-6-5-17(28)12-22(23)29/h3-6,11-14,31H,2,7-10H2,1H3,(H,30,34). The minimum absolute atomic E-state index is 0.108. The smallest absolute Gasteiger partial charge is 0.264 e. The molecule has 2 heterocycles. The fraction of sp³-hybridized carbons (Fsp3) is 0.259. The summed E-state index contributed by atoms with van der Waals surface area (Å²) < 4.78 is 56.2. The number of sulfonamides is 1. The molecular formula is C27H23F2N3O4S. The first-order valence-electron chi connectivity index (χ1n) is 12.0. The van der Waals surface area contributed by atoms with Crippen molar-refractivity contribution in [3.63, 3.8) is 0 Å². The molecule has 3 aromatic rings. The summed E-state index contributed by atoms with van der Waals surface area (Å²) in [5.74, 6) is -2.35. The number of carbonyl (C=O) groups excluding carboxylic acids is 2. The molecule has 2 N–H and O–H groups in total. The van der Waals surface area contributed by atoms with Crippen molar-refractivity contribution >= 4 is 33.2 Å². The van der Waals surface area contributed by atoms with Crippen LogP contribution in [0.15, 0.2) is 53.4 Å². The van der Waals surface area contributed by atoms with E-state index in [1.165, 1.54) is 0 Å². The lowest BCUT2D eigenvalue weighted by molar-refractivity contribution is -0.123. The molecule has 1 spiro atoms. The number of fused-ring (bicyclic) bond motifs is 3. The van der Waals surface area contributed by atoms with Gasteiger partial charge in [0, 0.05) is 36.5 Å². The van der Waals surface area contributed by atoms with Crippen LogP contribution in [-0.2, 0) is 26.7 Å². The molecule has 2 aliphatic heterocycles. The number of nitrogens with zero attached hydrogens (tertiary/aromatic N) is 1. The third-order valence-electron chi connectivity index (χ3n) is 7.68. The summed E-state index contributed by atoms with van der Waals surface area (Å²) in [7, 11) is -2.67. The summed E-state index contributed by atoms with van der Waals surface area (Å²) >= 11 is 0. The Bertz CT molecular complexity index is 1620. The fourth-order valence-corrected chi connectivity index (χ4v) is 6.58. The van der Waals surface area contributed by atoms with Gasteiger partial charge in [0.1, 0.15) is 16.5 Å². The van der Waals surface area contributed by atoms with Gasteiger partial charge in [0.2, 0.25) is 5.91 Å². The maximum atomic E-state index is 14.3. The molecular weight excluding hydrogens is 500 g/mol. The highest BCUT2D eigenvalue weighted by atomic mass is 32.2. The van der Waals surface area contributed by atoms with Gasteiger partial charge in [0.15, 0.2) is 0 Å². The quantitative estimate of drug-likeness (QED) is 0.529. The van der Waals surface area contributed by atoms with Crippen LogP contribution in [0.3, 0.4) is 0 Å². The Balaban J connectivity index is 1.50. The third-order valence-corrected chi connectivity index (χ3v) is 9.10. The Morgan fingerprint density at radius 2 is 1.78 bits per heavy atom. The first-order valence-corrected chi connectivity index (χ1v) is 13.4. The van der Waals surface area contributed by atoms with Crippen molar-refractivity contribution in [1.29, 1.82) is 0 Å². The first kappa shape index (κ1) is 23.6. The molecule has 7 nitrogen and oxygen atoms in total. The maximum absolute atomic E-state index is 14.3. The molecule has 0 bridgehead atoms. The predicted octanol–water partition coefficient (Wildman–Crippen LogP) is 4.43. The lowest BCUT2D eigenvalue weighted by Crippen LogP contribution is -2.40. The van der Waals surface area contributed by atoms with Gasteiger partial charge >= 0.3 is 0 Å². The zero-order valence-corrected chi connectivity index (χ0v) is 20.7. The highest BCUT2D eigenvalue weighted by Crippen LogP contribution is 2.54. The third kappa shape index (κ3) is 3.61. The second-order valence-electron chi connectivity index (χ2n) is 9.87. The van der Waals surface area contributed by atoms with Crippen molar-refractivity contribution in [3.8, 4) is 11.1 Å². The van der Waals surface area contributed by atoms with Crippen molar-refractivity contribution in [2.45, 2.75) is 36.0 Å². The SMILES string of the molecule is CN1CCc2ccc(-c3cc(NS(=O)(=O)c4ccc(F)cc4F)cc4c3NC(=O)C43CCC3)cc2C1=O. The van der Waals surface area contributed by atoms with Crippen molar-refractivity contribution in [2.75, 3.05) is 23.6 Å². The first-order chi connectivity index (χ1) is 17.6. The van der Waals surface area contributed by atoms with E-state index in [1.54, 1.807) is 30.1 Å². The molecule has 1 fully saturated rings. The van der Waals surface area contributed by atoms with Crippen LogP contribution in [0.4, 0.5) is 20.2 Å². The van der Waals surface area contributed by atoms with Crippen LogP contribution in [0, 0.1) is 11.6 Å². The van der Waals surface area contributed by atoms with E-state index in [1.807, 2.05) is 12.1 Å². The van der Waals surface area contributed by atoms with Gasteiger partial charge in [-0.15, -0.1) is 0 Å². The van der Waals surface area contributed by atoms with Crippen LogP contribution >= 0.6 is 0 Å². The molecule has 1 aliphatic carbocycles. The number of hydrogen-bond donors (Lipinski definition) is 2. The zero-order chi connectivity index (χ0) is 26.1. The average molecular weight is 524 g/mol. The van der Waals surface area contributed by atoms with E-state index in [0.717, 1.165) is 30.5 Å². The Kier molecular flexibility index (Phi) is 5.17. The molecule has 37 heavy (non-hydrogen) atoms. The minimum Gasteiger partial charge on any atom is -0.341 e. The molecule has 190 valence electrons. The summed E-state index contributed by atoms with van der Waals surface area (Å²) in [5, 5.41) is 2.98. The Morgan fingerprint density at radius 3 is 2.49 bits per heavy atom. The second kappa shape index (κ2) is 8.11. The number of hydrogen-bond acceptors (Lipinski definition) is 4. The van der Waals surface area contributed by atoms with Crippen molar-refractivity contribution < 1.29 is 26.8 Å². The lowest BCUT2D eigenvalue weighted by Gasteiger charge is -2.36. The summed E-state index contributed by atoms with van der Waals surface area (Å²) in [4.78, 5) is 26.8. The van der Waals surface area contributed by atoms with Crippen molar-refractivity contribution in [2.24, 2.45) is 0 Å². The molecule has 6 rings (SSSR count). The van der Waals surface area contributed by atoms with Gasteiger partial charge in [-0.05, 0) is 66.3 Å². The number of anilines is 2. The topological polar surface area (TPSA) is 95.6 Å². The van der Waals surface area contributed by atoms with Gasteiger partial charge in [-0.3, -0.25) is 14.3 Å². The van der Waals surface area contributed by atoms with Gasteiger partial charge in [-0.2, -0.15) is 0 Å². The molecule has 10 heteroatoms. The molecule has 0 unspecified atom stereocenters. The summed E-state index contributed by atoms with van der Waals surface area (Å²) in [6, 6.07) is 10.9. The van der Waals surface area contributed by atoms with E-state index in [9.17, 15) is 26.8 Å². The number of amides is 2. The van der Waals surface area contributed by atoms with Crippen LogP contribution in [0.25, 0.3) is 11.1 Å². The highest BCUT2D eigenvalue weighted by molar-refractivity contribution is 7.92. The van der Waals surface area contributed by atoms with Gasteiger partial charge in [-0.25, -0.2) is 17.2 Å². The molecule has 0 radical (unpaired) electrons. The molecule has 1 saturated carbocycles. The van der Waals surface area contributed by atoms with E-state index in [-0.39, 0.29) is 17.5 Å². The van der Waals surface area contributed by atoms with Gasteiger partial charge in [0.05, 0.1) is 11.1 Å². The molecule has 3 aromatic carbocycles. The van der Waals surface area contributed by atoms with Crippen LogP contribution < -0.4 is 10.0 Å². The molecule has 0 atom stereocenters. The number of carbonyl (C=O) groups is 2. The van der Waals surface area contributed by atoms with Crippen LogP contribution in [-0.4, -0.2) is 38.7 Å². The van der Waals surface area contributed by atoms with Crippen molar-refractivity contribution in [1.82, 2.24) is 4.90 Å². The molecule has 2 amide bonds. The monoisotopic (exact) mass is 523 g/mol. The van der Waals surface area contributed by atoms with Gasteiger partial charge in [0.25, 0.3) is 15.9 Å². The summed E-state index contributed by atoms with van der Waals surface area (Å²) in [5.41, 5.74) is 3.31. The predicted molar refractivity (Wildman–Crippen MR) is 134 cm³/mol. The van der Waals surface area contributed by atoms with Gasteiger partial charge < -0.3 is 10.2 Å². The minimum atomic E-state index is -4.40. The van der Waals surface area contributed by atoms with E-state index in [2.05, 4.69) is 10.0 Å². The number of halogens is 2. The maximum Gasteiger partial charge on any atom is 0.264 e. The normalized spacial score (nSPS) is 17.8. The Morgan fingerprint density at radius 1 is 1.00 bits per heavy atom. The second-order valence-corrected chi connectivity index (χ2v) is 11.5. The number of nitrogens with one attached hydrogen (secondary N) is 2. The Hall–Kier alpha value is -3.79. The van der Waals surface area contributed by atoms with Crippen LogP contribution in [0.5, 0.6) is 0 Å². The van der Waals surface area contributed by atoms with E-state index in [0.29, 0.717) is 53.4 Å². The zero-order valence-electron chi connectivity index (χ0n) is 19.9. The largest absolute Gasteiger partial charge is 0.341 e. The van der Waals surface area contributed by atoms with Gasteiger partial charge in [-0.1, -0.05) is 18.6 Å². The summed E-state index contributed by atoms with van der Waals surface area (Å²) in [6.07, 6.45) is 2.83. The molecule has 0 saturated heterocycles. The van der Waals surface area contributed by atoms with E-state index >= 15 is 0 Å². The number of benzene rings is 3. The van der Waals surface area contributed by atoms with E-state index < -0.39 is 32.0 Å². The molecule has 0 aromatic heterocycles. The van der Waals surface area contributed by atoms with Crippen LogP contribution in [0.1, 0.15) is 40.7 Å². The lowest BCUT2D eigenvalue weighted by atomic mass is 9.65. The average Bonchev–Trinajstić information content (AvgIpc) is 3.12. The number of rotatable bonds is 4. The highest BCUT2D eigenvalue weighted by Gasteiger charge is 2.52. The van der Waals surface area contributed by atoms with Crippen LogP contribution in [0.2, 0.25) is 0 Å².